The fourth-order valence-corrected chi connectivity index (χ4v) is 2.24. The molecule has 2 rings (SSSR count). The van der Waals surface area contributed by atoms with Crippen molar-refractivity contribution in [2.45, 2.75) is 58.1 Å². The molecule has 1 saturated heterocycles. The summed E-state index contributed by atoms with van der Waals surface area (Å²) in [4.78, 5) is 17.1. The van der Waals surface area contributed by atoms with E-state index in [0.29, 0.717) is 12.6 Å². The molecule has 0 spiro atoms. The summed E-state index contributed by atoms with van der Waals surface area (Å²) in [5.41, 5.74) is 0. The van der Waals surface area contributed by atoms with Gasteiger partial charge in [0.15, 0.2) is 0 Å². The average Bonchev–Trinajstić information content (AvgIpc) is 2.94. The van der Waals surface area contributed by atoms with Crippen molar-refractivity contribution in [3.63, 3.8) is 0 Å². The number of hydrogen-bond acceptors (Lipinski definition) is 4. The Kier molecular flexibility index (Phi) is 3.82. The Morgan fingerprint density at radius 3 is 2.56 bits per heavy atom. The van der Waals surface area contributed by atoms with E-state index in [-0.39, 0.29) is 18.1 Å². The molecule has 92 valence electrons. The largest absolute Gasteiger partial charge is 0.461 e. The summed E-state index contributed by atoms with van der Waals surface area (Å²) in [5, 5.41) is 1.72. The van der Waals surface area contributed by atoms with Gasteiger partial charge < -0.3 is 4.74 Å². The molecule has 0 bridgehead atoms. The summed E-state index contributed by atoms with van der Waals surface area (Å²) >= 11 is 0. The van der Waals surface area contributed by atoms with E-state index in [0.717, 1.165) is 19.3 Å². The van der Waals surface area contributed by atoms with Crippen LogP contribution in [0.4, 0.5) is 0 Å². The molecule has 1 saturated carbocycles. The first kappa shape index (κ1) is 11.9. The second-order valence-electron chi connectivity index (χ2n) is 5.16. The molecule has 2 aliphatic rings. The predicted octanol–water partition coefficient (Wildman–Crippen LogP) is 2.09. The minimum Gasteiger partial charge on any atom is -0.461 e. The molecule has 2 fully saturated rings. The minimum absolute atomic E-state index is 0.0990. The van der Waals surface area contributed by atoms with Gasteiger partial charge in [-0.3, -0.25) is 9.63 Å². The fraction of sp³-hybridized carbons (Fsp3) is 0.917. The molecular formula is C12H21NO3. The van der Waals surface area contributed by atoms with Gasteiger partial charge in [-0.25, -0.2) is 0 Å². The van der Waals surface area contributed by atoms with Gasteiger partial charge in [-0.1, -0.05) is 13.8 Å². The number of ether oxygens (including phenoxy) is 1. The highest BCUT2D eigenvalue weighted by molar-refractivity contribution is 5.76. The van der Waals surface area contributed by atoms with Crippen LogP contribution in [0.25, 0.3) is 0 Å². The molecule has 0 amide bonds. The summed E-state index contributed by atoms with van der Waals surface area (Å²) in [5.74, 6) is 0.378. The zero-order valence-electron chi connectivity index (χ0n) is 10.1. The number of esters is 1. The Bertz CT molecular complexity index is 245. The maximum absolute atomic E-state index is 12.0. The maximum Gasteiger partial charge on any atom is 0.326 e. The number of carbonyl (C=O) groups excluding carboxylic acids is 1. The second kappa shape index (κ2) is 5.15. The number of nitrogens with zero attached hydrogens (tertiary/aromatic N) is 1. The van der Waals surface area contributed by atoms with E-state index < -0.39 is 0 Å². The van der Waals surface area contributed by atoms with Crippen molar-refractivity contribution in [3.8, 4) is 0 Å². The van der Waals surface area contributed by atoms with Gasteiger partial charge in [0, 0.05) is 0 Å². The molecule has 0 aromatic heterocycles. The Morgan fingerprint density at radius 2 is 2.06 bits per heavy atom. The van der Waals surface area contributed by atoms with Gasteiger partial charge in [0.05, 0.1) is 0 Å². The van der Waals surface area contributed by atoms with Crippen LogP contribution in [0.3, 0.4) is 0 Å². The standard InChI is InChI=1S/C12H21NO3/c1-9(2)7-11(13-8-15-13)12(14)16-10-5-3-4-6-10/h9-11H,3-8H2,1-2H3/t11-,13?/m0/s1. The van der Waals surface area contributed by atoms with Gasteiger partial charge in [-0.2, -0.15) is 0 Å². The van der Waals surface area contributed by atoms with Crippen LogP contribution in [-0.2, 0) is 14.4 Å². The van der Waals surface area contributed by atoms with Crippen LogP contribution in [0.5, 0.6) is 0 Å². The van der Waals surface area contributed by atoms with Gasteiger partial charge in [0.25, 0.3) is 0 Å². The lowest BCUT2D eigenvalue weighted by Gasteiger charge is -2.19. The molecular weight excluding hydrogens is 206 g/mol. The smallest absolute Gasteiger partial charge is 0.326 e. The monoisotopic (exact) mass is 227 g/mol. The molecule has 16 heavy (non-hydrogen) atoms. The molecule has 0 aromatic rings. The highest BCUT2D eigenvalue weighted by atomic mass is 16.8. The van der Waals surface area contributed by atoms with Gasteiger partial charge in [-0.05, 0) is 38.0 Å². The van der Waals surface area contributed by atoms with Crippen LogP contribution in [0.1, 0.15) is 46.0 Å². The first-order valence-corrected chi connectivity index (χ1v) is 6.27. The van der Waals surface area contributed by atoms with Crippen molar-refractivity contribution in [1.82, 2.24) is 5.06 Å². The normalized spacial score (nSPS) is 27.1. The Hall–Kier alpha value is -0.610. The molecule has 1 aliphatic heterocycles. The van der Waals surface area contributed by atoms with E-state index in [4.69, 9.17) is 9.57 Å². The van der Waals surface area contributed by atoms with Gasteiger partial charge in [-0.15, -0.1) is 5.06 Å². The summed E-state index contributed by atoms with van der Waals surface area (Å²) in [7, 11) is 0. The molecule has 0 N–H and O–H groups in total. The quantitative estimate of drug-likeness (QED) is 0.533. The summed E-state index contributed by atoms with van der Waals surface area (Å²) < 4.78 is 5.52. The van der Waals surface area contributed by atoms with Crippen molar-refractivity contribution in [2.24, 2.45) is 5.92 Å². The van der Waals surface area contributed by atoms with Gasteiger partial charge in [0.2, 0.25) is 0 Å². The number of rotatable bonds is 5. The predicted molar refractivity (Wildman–Crippen MR) is 59.4 cm³/mol. The highest BCUT2D eigenvalue weighted by Crippen LogP contribution is 2.25. The minimum atomic E-state index is -0.194. The molecule has 4 nitrogen and oxygen atoms in total. The van der Waals surface area contributed by atoms with E-state index in [9.17, 15) is 4.79 Å². The van der Waals surface area contributed by atoms with E-state index in [1.807, 2.05) is 0 Å². The van der Waals surface area contributed by atoms with Crippen molar-refractivity contribution in [3.05, 3.63) is 0 Å². The average molecular weight is 227 g/mol. The van der Waals surface area contributed by atoms with Crippen LogP contribution in [0.15, 0.2) is 0 Å². The first-order valence-electron chi connectivity index (χ1n) is 6.27. The van der Waals surface area contributed by atoms with Crippen molar-refractivity contribution < 1.29 is 14.4 Å². The molecule has 1 aliphatic carbocycles. The van der Waals surface area contributed by atoms with Crippen LogP contribution >= 0.6 is 0 Å². The lowest BCUT2D eigenvalue weighted by molar-refractivity contribution is -0.156. The van der Waals surface area contributed by atoms with Crippen molar-refractivity contribution in [2.75, 3.05) is 6.73 Å². The summed E-state index contributed by atoms with van der Waals surface area (Å²) in [6, 6.07) is -0.194. The number of carbonyl (C=O) groups is 1. The maximum atomic E-state index is 12.0. The third kappa shape index (κ3) is 3.19. The zero-order valence-corrected chi connectivity index (χ0v) is 10.1. The lowest BCUT2D eigenvalue weighted by Crippen LogP contribution is -2.34. The molecule has 0 radical (unpaired) electrons. The van der Waals surface area contributed by atoms with Crippen LogP contribution < -0.4 is 0 Å². The third-order valence-electron chi connectivity index (χ3n) is 3.18. The summed E-state index contributed by atoms with van der Waals surface area (Å²) in [6.45, 7) is 4.79. The van der Waals surface area contributed by atoms with E-state index in [1.54, 1.807) is 5.06 Å². The zero-order chi connectivity index (χ0) is 11.5. The van der Waals surface area contributed by atoms with Crippen molar-refractivity contribution >= 4 is 5.97 Å². The van der Waals surface area contributed by atoms with Crippen LogP contribution in [-0.4, -0.2) is 29.9 Å². The van der Waals surface area contributed by atoms with Gasteiger partial charge in [0.1, 0.15) is 18.9 Å². The molecule has 0 aromatic carbocycles. The molecule has 4 heteroatoms. The first-order chi connectivity index (χ1) is 7.66. The molecule has 2 atom stereocenters. The Labute approximate surface area is 96.8 Å². The van der Waals surface area contributed by atoms with Crippen molar-refractivity contribution in [1.29, 1.82) is 0 Å². The Balaban J connectivity index is 1.83. The van der Waals surface area contributed by atoms with Crippen LogP contribution in [0.2, 0.25) is 0 Å². The number of hydrogen-bond donors (Lipinski definition) is 0. The van der Waals surface area contributed by atoms with E-state index >= 15 is 0 Å². The number of hydroxylamine groups is 2. The Morgan fingerprint density at radius 1 is 1.44 bits per heavy atom. The molecule has 1 heterocycles. The topological polar surface area (TPSA) is 41.8 Å². The van der Waals surface area contributed by atoms with E-state index in [2.05, 4.69) is 13.8 Å². The second-order valence-corrected chi connectivity index (χ2v) is 5.16. The molecule has 1 unspecified atom stereocenters. The highest BCUT2D eigenvalue weighted by Gasteiger charge is 2.37. The van der Waals surface area contributed by atoms with Crippen LogP contribution in [0, 0.1) is 5.92 Å². The third-order valence-corrected chi connectivity index (χ3v) is 3.18. The fourth-order valence-electron chi connectivity index (χ4n) is 2.24. The van der Waals surface area contributed by atoms with E-state index in [1.165, 1.54) is 12.8 Å². The SMILES string of the molecule is CC(C)C[C@@H](C(=O)OC1CCCC1)N1CO1. The lowest BCUT2D eigenvalue weighted by atomic mass is 10.0. The summed E-state index contributed by atoms with van der Waals surface area (Å²) in [6.07, 6.45) is 5.40. The van der Waals surface area contributed by atoms with Gasteiger partial charge >= 0.3 is 5.97 Å².